The second kappa shape index (κ2) is 5.43. The normalized spacial score (nSPS) is 12.1. The predicted molar refractivity (Wildman–Crippen MR) is 62.3 cm³/mol. The van der Waals surface area contributed by atoms with Gasteiger partial charge in [-0.3, -0.25) is 0 Å². The van der Waals surface area contributed by atoms with E-state index < -0.39 is 0 Å². The van der Waals surface area contributed by atoms with Gasteiger partial charge >= 0.3 is 0 Å². The quantitative estimate of drug-likeness (QED) is 0.617. The summed E-state index contributed by atoms with van der Waals surface area (Å²) in [5.41, 5.74) is 1.20. The van der Waals surface area contributed by atoms with Crippen LogP contribution in [-0.2, 0) is 6.54 Å². The number of fused-ring (bicyclic) bond motifs is 1. The molecule has 0 saturated heterocycles. The lowest BCUT2D eigenvalue weighted by Gasteiger charge is -2.03. The minimum Gasteiger partial charge on any atom is -0.454 e. The van der Waals surface area contributed by atoms with Crippen LogP contribution in [0.3, 0.4) is 0 Å². The Kier molecular flexibility index (Phi) is 3.68. The molecule has 1 aromatic carbocycles. The molecule has 3 heteroatoms. The van der Waals surface area contributed by atoms with E-state index in [4.69, 9.17) is 9.47 Å². The summed E-state index contributed by atoms with van der Waals surface area (Å²) < 4.78 is 10.6. The van der Waals surface area contributed by atoms with Crippen molar-refractivity contribution in [3.63, 3.8) is 0 Å². The molecule has 0 atom stereocenters. The largest absolute Gasteiger partial charge is 0.454 e. The van der Waals surface area contributed by atoms with Gasteiger partial charge in [0.05, 0.1) is 0 Å². The van der Waals surface area contributed by atoms with Crippen molar-refractivity contribution in [1.82, 2.24) is 5.32 Å². The molecule has 1 N–H and O–H groups in total. The van der Waals surface area contributed by atoms with Crippen LogP contribution in [0.15, 0.2) is 18.2 Å². The molecule has 1 heterocycles. The van der Waals surface area contributed by atoms with Crippen LogP contribution in [-0.4, -0.2) is 13.3 Å². The Bertz CT molecular complexity index is 418. The first-order valence-corrected chi connectivity index (χ1v) is 5.39. The first-order valence-electron chi connectivity index (χ1n) is 5.39. The van der Waals surface area contributed by atoms with Gasteiger partial charge in [-0.1, -0.05) is 6.07 Å². The molecule has 0 saturated carbocycles. The molecule has 16 heavy (non-hydrogen) atoms. The number of ether oxygens (including phenoxy) is 2. The second-order valence-corrected chi connectivity index (χ2v) is 3.54. The Morgan fingerprint density at radius 1 is 1.31 bits per heavy atom. The van der Waals surface area contributed by atoms with E-state index in [1.165, 1.54) is 5.56 Å². The molecule has 1 aliphatic heterocycles. The topological polar surface area (TPSA) is 30.5 Å². The molecule has 0 radical (unpaired) electrons. The van der Waals surface area contributed by atoms with Crippen molar-refractivity contribution in [3.8, 4) is 23.3 Å². The standard InChI is InChI=1S/C13H15NO2/c1-2-3-4-7-14-9-11-5-6-12-13(8-11)16-10-15-12/h5-6,8,14H,4,7,9-10H2,1H3. The first-order chi connectivity index (χ1) is 7.90. The van der Waals surface area contributed by atoms with Crippen molar-refractivity contribution in [2.24, 2.45) is 0 Å². The average Bonchev–Trinajstić information content (AvgIpc) is 2.76. The van der Waals surface area contributed by atoms with Gasteiger partial charge in [-0.2, -0.15) is 0 Å². The predicted octanol–water partition coefficient (Wildman–Crippen LogP) is 1.92. The van der Waals surface area contributed by atoms with Gasteiger partial charge in [-0.05, 0) is 24.6 Å². The molecule has 1 aliphatic rings. The lowest BCUT2D eigenvalue weighted by molar-refractivity contribution is 0.174. The highest BCUT2D eigenvalue weighted by molar-refractivity contribution is 5.44. The zero-order chi connectivity index (χ0) is 11.2. The van der Waals surface area contributed by atoms with Gasteiger partial charge in [0.25, 0.3) is 0 Å². The smallest absolute Gasteiger partial charge is 0.231 e. The van der Waals surface area contributed by atoms with Crippen LogP contribution >= 0.6 is 0 Å². The van der Waals surface area contributed by atoms with Gasteiger partial charge in [0.15, 0.2) is 11.5 Å². The molecule has 2 rings (SSSR count). The highest BCUT2D eigenvalue weighted by atomic mass is 16.7. The highest BCUT2D eigenvalue weighted by Crippen LogP contribution is 2.32. The summed E-state index contributed by atoms with van der Waals surface area (Å²) in [5, 5.41) is 3.33. The Hall–Kier alpha value is -1.66. The van der Waals surface area contributed by atoms with Gasteiger partial charge in [-0.15, -0.1) is 11.8 Å². The van der Waals surface area contributed by atoms with Crippen molar-refractivity contribution < 1.29 is 9.47 Å². The fraction of sp³-hybridized carbons (Fsp3) is 0.385. The molecular formula is C13H15NO2. The van der Waals surface area contributed by atoms with Crippen molar-refractivity contribution in [3.05, 3.63) is 23.8 Å². The number of benzene rings is 1. The maximum atomic E-state index is 5.31. The molecule has 0 spiro atoms. The van der Waals surface area contributed by atoms with E-state index in [0.717, 1.165) is 31.0 Å². The molecule has 0 amide bonds. The van der Waals surface area contributed by atoms with Gasteiger partial charge in [-0.25, -0.2) is 0 Å². The lowest BCUT2D eigenvalue weighted by Crippen LogP contribution is -2.13. The summed E-state index contributed by atoms with van der Waals surface area (Å²) in [6, 6.07) is 6.01. The summed E-state index contributed by atoms with van der Waals surface area (Å²) >= 11 is 0. The fourth-order valence-electron chi connectivity index (χ4n) is 1.56. The van der Waals surface area contributed by atoms with Gasteiger partial charge in [0, 0.05) is 19.5 Å². The van der Waals surface area contributed by atoms with Crippen molar-refractivity contribution >= 4 is 0 Å². The maximum Gasteiger partial charge on any atom is 0.231 e. The van der Waals surface area contributed by atoms with Crippen LogP contribution in [0.25, 0.3) is 0 Å². The maximum absolute atomic E-state index is 5.31. The summed E-state index contributed by atoms with van der Waals surface area (Å²) in [7, 11) is 0. The Balaban J connectivity index is 1.83. The van der Waals surface area contributed by atoms with Gasteiger partial charge in [0.2, 0.25) is 6.79 Å². The van der Waals surface area contributed by atoms with Gasteiger partial charge in [0.1, 0.15) is 0 Å². The summed E-state index contributed by atoms with van der Waals surface area (Å²) in [6.07, 6.45) is 0.890. The molecule has 0 unspecified atom stereocenters. The van der Waals surface area contributed by atoms with E-state index >= 15 is 0 Å². The Morgan fingerprint density at radius 2 is 2.19 bits per heavy atom. The second-order valence-electron chi connectivity index (χ2n) is 3.54. The average molecular weight is 217 g/mol. The number of nitrogens with one attached hydrogen (secondary N) is 1. The third-order valence-corrected chi connectivity index (χ3v) is 2.37. The third kappa shape index (κ3) is 2.68. The molecule has 84 valence electrons. The van der Waals surface area contributed by atoms with E-state index in [1.807, 2.05) is 25.1 Å². The summed E-state index contributed by atoms with van der Waals surface area (Å²) in [4.78, 5) is 0. The number of hydrogen-bond acceptors (Lipinski definition) is 3. The van der Waals surface area contributed by atoms with E-state index in [1.54, 1.807) is 0 Å². The van der Waals surface area contributed by atoms with Crippen LogP contribution in [0.2, 0.25) is 0 Å². The van der Waals surface area contributed by atoms with Crippen LogP contribution in [0.5, 0.6) is 11.5 Å². The first kappa shape index (κ1) is 10.8. The zero-order valence-electron chi connectivity index (χ0n) is 9.38. The number of hydrogen-bond donors (Lipinski definition) is 1. The van der Waals surface area contributed by atoms with E-state index in [2.05, 4.69) is 17.2 Å². The molecule has 1 aromatic rings. The molecule has 0 bridgehead atoms. The Labute approximate surface area is 95.8 Å². The molecule has 0 aliphatic carbocycles. The minimum absolute atomic E-state index is 0.332. The number of rotatable bonds is 4. The van der Waals surface area contributed by atoms with E-state index in [-0.39, 0.29) is 0 Å². The molecule has 0 fully saturated rings. The third-order valence-electron chi connectivity index (χ3n) is 2.37. The van der Waals surface area contributed by atoms with Crippen LogP contribution in [0.4, 0.5) is 0 Å². The Morgan fingerprint density at radius 3 is 3.06 bits per heavy atom. The highest BCUT2D eigenvalue weighted by Gasteiger charge is 2.12. The molecular weight excluding hydrogens is 202 g/mol. The summed E-state index contributed by atoms with van der Waals surface area (Å²) in [6.45, 7) is 3.94. The van der Waals surface area contributed by atoms with Crippen molar-refractivity contribution in [2.45, 2.75) is 19.9 Å². The SMILES string of the molecule is CC#CCCNCc1ccc2c(c1)OCO2. The monoisotopic (exact) mass is 217 g/mol. The lowest BCUT2D eigenvalue weighted by atomic mass is 10.2. The van der Waals surface area contributed by atoms with Crippen molar-refractivity contribution in [1.29, 1.82) is 0 Å². The summed E-state index contributed by atoms with van der Waals surface area (Å²) in [5.74, 6) is 7.57. The minimum atomic E-state index is 0.332. The van der Waals surface area contributed by atoms with Gasteiger partial charge < -0.3 is 14.8 Å². The molecule has 3 nitrogen and oxygen atoms in total. The fourth-order valence-corrected chi connectivity index (χ4v) is 1.56. The van der Waals surface area contributed by atoms with E-state index in [9.17, 15) is 0 Å². The van der Waals surface area contributed by atoms with Crippen LogP contribution in [0.1, 0.15) is 18.9 Å². The van der Waals surface area contributed by atoms with Crippen molar-refractivity contribution in [2.75, 3.05) is 13.3 Å². The van der Waals surface area contributed by atoms with Crippen LogP contribution in [0, 0.1) is 11.8 Å². The molecule has 0 aromatic heterocycles. The van der Waals surface area contributed by atoms with E-state index in [0.29, 0.717) is 6.79 Å². The zero-order valence-corrected chi connectivity index (χ0v) is 9.38. The van der Waals surface area contributed by atoms with Crippen LogP contribution < -0.4 is 14.8 Å².